The van der Waals surface area contributed by atoms with Gasteiger partial charge in [0.2, 0.25) is 5.91 Å². The van der Waals surface area contributed by atoms with Crippen LogP contribution in [-0.2, 0) is 14.6 Å². The fraction of sp³-hybridized carbons (Fsp3) is 0.316. The van der Waals surface area contributed by atoms with E-state index in [1.54, 1.807) is 24.3 Å². The third-order valence-electron chi connectivity index (χ3n) is 4.26. The molecule has 1 amide bonds. The van der Waals surface area contributed by atoms with Crippen LogP contribution in [0.2, 0.25) is 0 Å². The molecule has 0 saturated heterocycles. The van der Waals surface area contributed by atoms with E-state index in [0.29, 0.717) is 4.90 Å². The lowest BCUT2D eigenvalue weighted by atomic mass is 10.1. The van der Waals surface area contributed by atoms with Gasteiger partial charge in [0.25, 0.3) is 0 Å². The highest BCUT2D eigenvalue weighted by atomic mass is 32.2. The van der Waals surface area contributed by atoms with Crippen LogP contribution in [0.4, 0.5) is 5.69 Å². The summed E-state index contributed by atoms with van der Waals surface area (Å²) >= 11 is 0. The molecule has 0 aromatic heterocycles. The fourth-order valence-electron chi connectivity index (χ4n) is 2.51. The number of hydrogen-bond acceptors (Lipinski definition) is 4. The van der Waals surface area contributed by atoms with Gasteiger partial charge in [-0.15, -0.1) is 0 Å². The highest BCUT2D eigenvalue weighted by Gasteiger charge is 2.16. The molecule has 0 spiro atoms. The van der Waals surface area contributed by atoms with Crippen LogP contribution < -0.4 is 5.32 Å². The van der Waals surface area contributed by atoms with Gasteiger partial charge in [-0.25, -0.2) is 8.42 Å². The number of carbonyl (C=O) groups excluding carboxylic acids is 1. The molecular formula is C19H24N2O3S. The molecule has 25 heavy (non-hydrogen) atoms. The van der Waals surface area contributed by atoms with Crippen molar-refractivity contribution in [2.24, 2.45) is 0 Å². The minimum atomic E-state index is -3.20. The van der Waals surface area contributed by atoms with Gasteiger partial charge in [-0.05, 0) is 50.2 Å². The highest BCUT2D eigenvalue weighted by Crippen LogP contribution is 2.21. The maximum absolute atomic E-state index is 12.3. The monoisotopic (exact) mass is 360 g/mol. The largest absolute Gasteiger partial charge is 0.325 e. The summed E-state index contributed by atoms with van der Waals surface area (Å²) in [5.41, 5.74) is 2.78. The Morgan fingerprint density at radius 1 is 1.12 bits per heavy atom. The molecule has 0 heterocycles. The Hall–Kier alpha value is -2.18. The zero-order chi connectivity index (χ0) is 18.6. The Morgan fingerprint density at radius 3 is 2.28 bits per heavy atom. The van der Waals surface area contributed by atoms with E-state index in [1.165, 1.54) is 6.26 Å². The Kier molecular flexibility index (Phi) is 5.98. The van der Waals surface area contributed by atoms with Gasteiger partial charge in [0.05, 0.1) is 11.4 Å². The van der Waals surface area contributed by atoms with E-state index in [0.717, 1.165) is 16.8 Å². The average Bonchev–Trinajstić information content (AvgIpc) is 2.55. The lowest BCUT2D eigenvalue weighted by molar-refractivity contribution is -0.117. The predicted octanol–water partition coefficient (Wildman–Crippen LogP) is 3.03. The number of rotatable bonds is 6. The molecule has 2 aromatic carbocycles. The second-order valence-electron chi connectivity index (χ2n) is 6.30. The normalized spacial score (nSPS) is 12.8. The van der Waals surface area contributed by atoms with E-state index in [9.17, 15) is 13.2 Å². The summed E-state index contributed by atoms with van der Waals surface area (Å²) in [6.07, 6.45) is 1.19. The molecule has 0 fully saturated rings. The summed E-state index contributed by atoms with van der Waals surface area (Å²) in [5, 5.41) is 2.92. The number of hydrogen-bond donors (Lipinski definition) is 1. The standard InChI is InChI=1S/C19H24N2O3S/c1-14-7-5-6-8-18(14)20-19(22)13-21(3)15(2)16-9-11-17(12-10-16)25(4,23)24/h5-12,15H,13H2,1-4H3,(H,20,22)/t15-/m0/s1. The Balaban J connectivity index is 2.01. The predicted molar refractivity (Wildman–Crippen MR) is 100 cm³/mol. The molecule has 0 aliphatic rings. The maximum atomic E-state index is 12.3. The number of amides is 1. The van der Waals surface area contributed by atoms with Crippen LogP contribution in [0, 0.1) is 6.92 Å². The molecule has 0 radical (unpaired) electrons. The summed E-state index contributed by atoms with van der Waals surface area (Å²) in [4.78, 5) is 14.5. The summed E-state index contributed by atoms with van der Waals surface area (Å²) in [5.74, 6) is -0.0867. The Labute approximate surface area is 149 Å². The third kappa shape index (κ3) is 5.14. The van der Waals surface area contributed by atoms with Gasteiger partial charge in [0.1, 0.15) is 0 Å². The van der Waals surface area contributed by atoms with Gasteiger partial charge >= 0.3 is 0 Å². The number of carbonyl (C=O) groups is 1. The molecule has 2 rings (SSSR count). The number of sulfone groups is 1. The van der Waals surface area contributed by atoms with Crippen LogP contribution in [-0.4, -0.2) is 39.1 Å². The van der Waals surface area contributed by atoms with Crippen molar-refractivity contribution in [2.75, 3.05) is 25.2 Å². The molecule has 0 saturated carbocycles. The molecule has 0 unspecified atom stereocenters. The molecule has 5 nitrogen and oxygen atoms in total. The zero-order valence-electron chi connectivity index (χ0n) is 15.0. The van der Waals surface area contributed by atoms with E-state index < -0.39 is 9.84 Å². The minimum Gasteiger partial charge on any atom is -0.325 e. The lowest BCUT2D eigenvalue weighted by Crippen LogP contribution is -2.32. The van der Waals surface area contributed by atoms with Crippen LogP contribution in [0.1, 0.15) is 24.1 Å². The van der Waals surface area contributed by atoms with Gasteiger partial charge in [-0.3, -0.25) is 9.69 Å². The molecular weight excluding hydrogens is 336 g/mol. The molecule has 1 atom stereocenters. The molecule has 134 valence electrons. The first-order chi connectivity index (χ1) is 11.7. The zero-order valence-corrected chi connectivity index (χ0v) is 15.8. The van der Waals surface area contributed by atoms with Gasteiger partial charge in [-0.1, -0.05) is 30.3 Å². The second-order valence-corrected chi connectivity index (χ2v) is 8.31. The third-order valence-corrected chi connectivity index (χ3v) is 5.39. The van der Waals surface area contributed by atoms with Gasteiger partial charge in [0.15, 0.2) is 9.84 Å². The number of benzene rings is 2. The average molecular weight is 360 g/mol. The number of para-hydroxylation sites is 1. The van der Waals surface area contributed by atoms with Crippen molar-refractivity contribution in [3.8, 4) is 0 Å². The first kappa shape index (κ1) is 19.1. The number of nitrogens with zero attached hydrogens (tertiary/aromatic N) is 1. The number of likely N-dealkylation sites (N-methyl/N-ethyl adjacent to an activating group) is 1. The summed E-state index contributed by atoms with van der Waals surface area (Å²) in [7, 11) is -1.33. The topological polar surface area (TPSA) is 66.5 Å². The highest BCUT2D eigenvalue weighted by molar-refractivity contribution is 7.90. The summed E-state index contributed by atoms with van der Waals surface area (Å²) < 4.78 is 23.1. The SMILES string of the molecule is Cc1ccccc1NC(=O)CN(C)[C@@H](C)c1ccc(S(C)(=O)=O)cc1. The van der Waals surface area contributed by atoms with Crippen molar-refractivity contribution in [1.29, 1.82) is 0 Å². The van der Waals surface area contributed by atoms with Crippen LogP contribution in [0.25, 0.3) is 0 Å². The molecule has 2 aromatic rings. The van der Waals surface area contributed by atoms with Gasteiger partial charge in [0, 0.05) is 18.0 Å². The summed E-state index contributed by atoms with van der Waals surface area (Å²) in [6, 6.07) is 14.4. The van der Waals surface area contributed by atoms with Crippen molar-refractivity contribution in [1.82, 2.24) is 4.90 Å². The van der Waals surface area contributed by atoms with Gasteiger partial charge in [-0.2, -0.15) is 0 Å². The van der Waals surface area contributed by atoms with E-state index in [-0.39, 0.29) is 18.5 Å². The number of anilines is 1. The van der Waals surface area contributed by atoms with E-state index in [1.807, 2.05) is 50.1 Å². The minimum absolute atomic E-state index is 0.0174. The molecule has 0 bridgehead atoms. The van der Waals surface area contributed by atoms with Crippen molar-refractivity contribution in [2.45, 2.75) is 24.8 Å². The van der Waals surface area contributed by atoms with Crippen LogP contribution in [0.3, 0.4) is 0 Å². The van der Waals surface area contributed by atoms with Crippen molar-refractivity contribution in [3.63, 3.8) is 0 Å². The lowest BCUT2D eigenvalue weighted by Gasteiger charge is -2.24. The van der Waals surface area contributed by atoms with Crippen molar-refractivity contribution >= 4 is 21.4 Å². The van der Waals surface area contributed by atoms with Gasteiger partial charge < -0.3 is 5.32 Å². The first-order valence-corrected chi connectivity index (χ1v) is 9.93. The van der Waals surface area contributed by atoms with Crippen LogP contribution in [0.15, 0.2) is 53.4 Å². The second kappa shape index (κ2) is 7.80. The molecule has 6 heteroatoms. The van der Waals surface area contributed by atoms with E-state index in [2.05, 4.69) is 5.32 Å². The van der Waals surface area contributed by atoms with Crippen LogP contribution >= 0.6 is 0 Å². The molecule has 1 N–H and O–H groups in total. The Bertz CT molecular complexity index is 845. The van der Waals surface area contributed by atoms with Crippen LogP contribution in [0.5, 0.6) is 0 Å². The molecule has 0 aliphatic heterocycles. The van der Waals surface area contributed by atoms with E-state index in [4.69, 9.17) is 0 Å². The number of aryl methyl sites for hydroxylation is 1. The fourth-order valence-corrected chi connectivity index (χ4v) is 3.14. The first-order valence-electron chi connectivity index (χ1n) is 8.04. The quantitative estimate of drug-likeness (QED) is 0.860. The number of nitrogens with one attached hydrogen (secondary N) is 1. The Morgan fingerprint density at radius 2 is 1.72 bits per heavy atom. The van der Waals surface area contributed by atoms with Crippen molar-refractivity contribution in [3.05, 3.63) is 59.7 Å². The molecule has 0 aliphatic carbocycles. The smallest absolute Gasteiger partial charge is 0.238 e. The maximum Gasteiger partial charge on any atom is 0.238 e. The van der Waals surface area contributed by atoms with E-state index >= 15 is 0 Å². The summed E-state index contributed by atoms with van der Waals surface area (Å²) in [6.45, 7) is 4.17. The van der Waals surface area contributed by atoms with Crippen molar-refractivity contribution < 1.29 is 13.2 Å².